The topological polar surface area (TPSA) is 33.0 Å². The molecule has 0 aliphatic heterocycles. The van der Waals surface area contributed by atoms with Gasteiger partial charge in [-0.2, -0.15) is 5.26 Å². The van der Waals surface area contributed by atoms with E-state index in [0.717, 1.165) is 16.9 Å². The quantitative estimate of drug-likeness (QED) is 0.679. The molecule has 0 N–H and O–H groups in total. The van der Waals surface area contributed by atoms with Crippen molar-refractivity contribution in [1.82, 2.24) is 0 Å². The zero-order valence-electron chi connectivity index (χ0n) is 8.29. The van der Waals surface area contributed by atoms with Crippen molar-refractivity contribution >= 4 is 0 Å². The molecule has 0 radical (unpaired) electrons. The van der Waals surface area contributed by atoms with E-state index in [1.165, 1.54) is 0 Å². The molecule has 1 aromatic carbocycles. The highest BCUT2D eigenvalue weighted by Gasteiger charge is 1.94. The van der Waals surface area contributed by atoms with Gasteiger partial charge in [0.2, 0.25) is 0 Å². The van der Waals surface area contributed by atoms with Crippen molar-refractivity contribution < 1.29 is 4.74 Å². The van der Waals surface area contributed by atoms with Crippen LogP contribution < -0.4 is 4.74 Å². The molecule has 0 heterocycles. The molecule has 2 heteroatoms. The van der Waals surface area contributed by atoms with Gasteiger partial charge in [0.05, 0.1) is 12.5 Å². The molecule has 0 atom stereocenters. The SMILES string of the molecule is C=C(C)COc1ccc(CC#N)cc1. The Balaban J connectivity index is 2.56. The molecule has 0 unspecified atom stereocenters. The van der Waals surface area contributed by atoms with Gasteiger partial charge in [0.25, 0.3) is 0 Å². The molecule has 0 bridgehead atoms. The van der Waals surface area contributed by atoms with E-state index in [2.05, 4.69) is 12.6 Å². The molecule has 0 aliphatic carbocycles. The predicted octanol–water partition coefficient (Wildman–Crippen LogP) is 2.71. The Bertz CT molecular complexity index is 346. The third kappa shape index (κ3) is 3.32. The number of benzene rings is 1. The van der Waals surface area contributed by atoms with Gasteiger partial charge in [-0.15, -0.1) is 0 Å². The number of hydrogen-bond donors (Lipinski definition) is 0. The Kier molecular flexibility index (Phi) is 3.75. The van der Waals surface area contributed by atoms with Crippen LogP contribution in [0.15, 0.2) is 36.4 Å². The summed E-state index contributed by atoms with van der Waals surface area (Å²) in [6.45, 7) is 6.21. The Morgan fingerprint density at radius 3 is 2.57 bits per heavy atom. The van der Waals surface area contributed by atoms with Gasteiger partial charge >= 0.3 is 0 Å². The molecule has 72 valence electrons. The van der Waals surface area contributed by atoms with Gasteiger partial charge in [-0.1, -0.05) is 18.7 Å². The molecule has 0 saturated carbocycles. The van der Waals surface area contributed by atoms with Crippen LogP contribution in [0.25, 0.3) is 0 Å². The maximum absolute atomic E-state index is 8.47. The zero-order chi connectivity index (χ0) is 10.4. The van der Waals surface area contributed by atoms with Gasteiger partial charge in [0.1, 0.15) is 12.4 Å². The minimum Gasteiger partial charge on any atom is -0.489 e. The smallest absolute Gasteiger partial charge is 0.119 e. The van der Waals surface area contributed by atoms with Gasteiger partial charge in [-0.05, 0) is 30.2 Å². The van der Waals surface area contributed by atoms with Crippen molar-refractivity contribution in [1.29, 1.82) is 5.26 Å². The molecule has 0 aromatic heterocycles. The van der Waals surface area contributed by atoms with E-state index in [-0.39, 0.29) is 0 Å². The summed E-state index contributed by atoms with van der Waals surface area (Å²) >= 11 is 0. The second-order valence-electron chi connectivity index (χ2n) is 3.22. The highest BCUT2D eigenvalue weighted by Crippen LogP contribution is 2.12. The van der Waals surface area contributed by atoms with Crippen molar-refractivity contribution in [3.8, 4) is 11.8 Å². The van der Waals surface area contributed by atoms with Crippen LogP contribution in [0.3, 0.4) is 0 Å². The lowest BCUT2D eigenvalue weighted by Gasteiger charge is -2.05. The Labute approximate surface area is 84.4 Å². The summed E-state index contributed by atoms with van der Waals surface area (Å²) in [7, 11) is 0. The van der Waals surface area contributed by atoms with Crippen molar-refractivity contribution in [3.05, 3.63) is 42.0 Å². The maximum atomic E-state index is 8.47. The van der Waals surface area contributed by atoms with E-state index in [4.69, 9.17) is 10.00 Å². The van der Waals surface area contributed by atoms with Crippen LogP contribution in [-0.4, -0.2) is 6.61 Å². The second kappa shape index (κ2) is 5.08. The van der Waals surface area contributed by atoms with Crippen molar-refractivity contribution in [2.45, 2.75) is 13.3 Å². The second-order valence-corrected chi connectivity index (χ2v) is 3.22. The zero-order valence-corrected chi connectivity index (χ0v) is 8.29. The Hall–Kier alpha value is -1.75. The van der Waals surface area contributed by atoms with Gasteiger partial charge < -0.3 is 4.74 Å². The lowest BCUT2D eigenvalue weighted by atomic mass is 10.2. The number of nitriles is 1. The first-order valence-corrected chi connectivity index (χ1v) is 4.45. The molecule has 1 rings (SSSR count). The lowest BCUT2D eigenvalue weighted by Crippen LogP contribution is -1.97. The Morgan fingerprint density at radius 2 is 2.07 bits per heavy atom. The number of rotatable bonds is 4. The summed E-state index contributed by atoms with van der Waals surface area (Å²) in [6.07, 6.45) is 0.445. The average Bonchev–Trinajstić information content (AvgIpc) is 2.17. The van der Waals surface area contributed by atoms with E-state index in [1.807, 2.05) is 31.2 Å². The molecule has 0 spiro atoms. The monoisotopic (exact) mass is 187 g/mol. The fraction of sp³-hybridized carbons (Fsp3) is 0.250. The number of hydrogen-bond acceptors (Lipinski definition) is 2. The molecule has 0 aliphatic rings. The summed E-state index contributed by atoms with van der Waals surface area (Å²) in [5.41, 5.74) is 2.00. The summed E-state index contributed by atoms with van der Waals surface area (Å²) in [6, 6.07) is 9.64. The molecular weight excluding hydrogens is 174 g/mol. The van der Waals surface area contributed by atoms with Crippen molar-refractivity contribution in [2.75, 3.05) is 6.61 Å². The van der Waals surface area contributed by atoms with Gasteiger partial charge in [0, 0.05) is 0 Å². The van der Waals surface area contributed by atoms with Crippen LogP contribution in [0, 0.1) is 11.3 Å². The normalized spacial score (nSPS) is 9.14. The van der Waals surface area contributed by atoms with E-state index in [1.54, 1.807) is 0 Å². The first kappa shape index (κ1) is 10.3. The van der Waals surface area contributed by atoms with Crippen molar-refractivity contribution in [2.24, 2.45) is 0 Å². The van der Waals surface area contributed by atoms with Crippen LogP contribution in [0.5, 0.6) is 5.75 Å². The van der Waals surface area contributed by atoms with E-state index < -0.39 is 0 Å². The van der Waals surface area contributed by atoms with Gasteiger partial charge in [-0.25, -0.2) is 0 Å². The molecule has 1 aromatic rings. The molecule has 0 fully saturated rings. The first-order chi connectivity index (χ1) is 6.72. The lowest BCUT2D eigenvalue weighted by molar-refractivity contribution is 0.352. The first-order valence-electron chi connectivity index (χ1n) is 4.45. The van der Waals surface area contributed by atoms with E-state index in [0.29, 0.717) is 13.0 Å². The Morgan fingerprint density at radius 1 is 1.43 bits per heavy atom. The van der Waals surface area contributed by atoms with Gasteiger partial charge in [-0.3, -0.25) is 0 Å². The summed E-state index contributed by atoms with van der Waals surface area (Å²) in [4.78, 5) is 0. The minimum absolute atomic E-state index is 0.445. The molecule has 14 heavy (non-hydrogen) atoms. The predicted molar refractivity (Wildman–Crippen MR) is 56.1 cm³/mol. The van der Waals surface area contributed by atoms with Crippen LogP contribution in [0.1, 0.15) is 12.5 Å². The van der Waals surface area contributed by atoms with Crippen LogP contribution >= 0.6 is 0 Å². The summed E-state index contributed by atoms with van der Waals surface area (Å²) in [5.74, 6) is 0.815. The molecule has 2 nitrogen and oxygen atoms in total. The summed E-state index contributed by atoms with van der Waals surface area (Å²) < 4.78 is 5.42. The van der Waals surface area contributed by atoms with E-state index in [9.17, 15) is 0 Å². The van der Waals surface area contributed by atoms with Crippen LogP contribution in [-0.2, 0) is 6.42 Å². The van der Waals surface area contributed by atoms with Crippen molar-refractivity contribution in [3.63, 3.8) is 0 Å². The molecule has 0 amide bonds. The molecule has 0 saturated heterocycles. The highest BCUT2D eigenvalue weighted by atomic mass is 16.5. The number of ether oxygens (including phenoxy) is 1. The number of nitrogens with zero attached hydrogens (tertiary/aromatic N) is 1. The van der Waals surface area contributed by atoms with Crippen LogP contribution in [0.2, 0.25) is 0 Å². The maximum Gasteiger partial charge on any atom is 0.119 e. The fourth-order valence-electron chi connectivity index (χ4n) is 1.00. The third-order valence-electron chi connectivity index (χ3n) is 1.69. The molecular formula is C12H13NO. The largest absolute Gasteiger partial charge is 0.489 e. The van der Waals surface area contributed by atoms with Gasteiger partial charge in [0.15, 0.2) is 0 Å². The summed E-state index contributed by atoms with van der Waals surface area (Å²) in [5, 5.41) is 8.47. The fourth-order valence-corrected chi connectivity index (χ4v) is 1.00. The highest BCUT2D eigenvalue weighted by molar-refractivity contribution is 5.28. The minimum atomic E-state index is 0.445. The standard InChI is InChI=1S/C12H13NO/c1-10(2)9-14-12-5-3-11(4-6-12)7-8-13/h3-6H,1,7,9H2,2H3. The van der Waals surface area contributed by atoms with E-state index >= 15 is 0 Å². The average molecular weight is 187 g/mol. The third-order valence-corrected chi connectivity index (χ3v) is 1.69. The van der Waals surface area contributed by atoms with Crippen LogP contribution in [0.4, 0.5) is 0 Å².